The summed E-state index contributed by atoms with van der Waals surface area (Å²) < 4.78 is 25.8. The van der Waals surface area contributed by atoms with Gasteiger partial charge in [0.15, 0.2) is 5.75 Å². The number of hydrogen-bond acceptors (Lipinski definition) is 4. The van der Waals surface area contributed by atoms with Crippen LogP contribution in [0, 0.1) is 0 Å². The molecule has 0 spiro atoms. The van der Waals surface area contributed by atoms with Gasteiger partial charge in [0.2, 0.25) is 10.0 Å². The molecule has 0 fully saturated rings. The van der Waals surface area contributed by atoms with Crippen LogP contribution in [0.4, 0.5) is 0 Å². The van der Waals surface area contributed by atoms with Crippen LogP contribution in [0.3, 0.4) is 0 Å². The van der Waals surface area contributed by atoms with Crippen molar-refractivity contribution in [3.05, 3.63) is 28.8 Å². The Bertz CT molecular complexity index is 603. The van der Waals surface area contributed by atoms with E-state index in [2.05, 4.69) is 4.72 Å². The van der Waals surface area contributed by atoms with Gasteiger partial charge in [-0.25, -0.2) is 13.1 Å². The summed E-state index contributed by atoms with van der Waals surface area (Å²) in [5.74, 6) is -1.52. The molecule has 0 radical (unpaired) electrons. The Kier molecular flexibility index (Phi) is 4.39. The molecule has 0 aromatic heterocycles. The number of carboxylic acid groups (broad SMARTS) is 1. The lowest BCUT2D eigenvalue weighted by Gasteiger charge is -2.25. The average molecular weight is 322 g/mol. The molecule has 0 amide bonds. The standard InChI is InChI=1S/C11H12ClNO4S2/c12-7-1-2-10-8(5-7)9(3-4-18-10)13-19(16,17)6-11(14)15/h1-2,5,9,13H,3-4,6H2,(H,14,15). The van der Waals surface area contributed by atoms with Crippen molar-refractivity contribution in [1.82, 2.24) is 4.72 Å². The Hall–Kier alpha value is -0.760. The predicted molar refractivity (Wildman–Crippen MR) is 74.1 cm³/mol. The number of thioether (sulfide) groups is 1. The van der Waals surface area contributed by atoms with E-state index < -0.39 is 27.8 Å². The summed E-state index contributed by atoms with van der Waals surface area (Å²) in [5.41, 5.74) is 0.803. The van der Waals surface area contributed by atoms with Gasteiger partial charge in [-0.3, -0.25) is 4.79 Å². The molecule has 5 nitrogen and oxygen atoms in total. The molecule has 1 aliphatic rings. The molecule has 19 heavy (non-hydrogen) atoms. The van der Waals surface area contributed by atoms with Gasteiger partial charge in [-0.1, -0.05) is 11.6 Å². The fraction of sp³-hybridized carbons (Fsp3) is 0.364. The molecular formula is C11H12ClNO4S2. The SMILES string of the molecule is O=C(O)CS(=O)(=O)NC1CCSc2ccc(Cl)cc21. The summed E-state index contributed by atoms with van der Waals surface area (Å²) in [4.78, 5) is 11.5. The van der Waals surface area contributed by atoms with Crippen LogP contribution in [0.2, 0.25) is 5.02 Å². The van der Waals surface area contributed by atoms with Gasteiger partial charge in [0.1, 0.15) is 0 Å². The molecule has 1 heterocycles. The average Bonchev–Trinajstić information content (AvgIpc) is 2.27. The van der Waals surface area contributed by atoms with Gasteiger partial charge >= 0.3 is 5.97 Å². The van der Waals surface area contributed by atoms with E-state index in [-0.39, 0.29) is 0 Å². The van der Waals surface area contributed by atoms with Gasteiger partial charge in [0.25, 0.3) is 0 Å². The molecule has 2 N–H and O–H groups in total. The summed E-state index contributed by atoms with van der Waals surface area (Å²) in [7, 11) is -3.84. The smallest absolute Gasteiger partial charge is 0.320 e. The van der Waals surface area contributed by atoms with Crippen molar-refractivity contribution in [2.45, 2.75) is 17.4 Å². The lowest BCUT2D eigenvalue weighted by atomic mass is 10.1. The second-order valence-electron chi connectivity index (χ2n) is 4.14. The molecule has 0 bridgehead atoms. The zero-order valence-corrected chi connectivity index (χ0v) is 12.2. The summed E-state index contributed by atoms with van der Waals surface area (Å²) in [6.45, 7) is 0. The molecule has 1 aliphatic heterocycles. The van der Waals surface area contributed by atoms with E-state index in [1.165, 1.54) is 0 Å². The summed E-state index contributed by atoms with van der Waals surface area (Å²) in [5, 5.41) is 9.10. The predicted octanol–water partition coefficient (Wildman–Crippen LogP) is 1.88. The number of carboxylic acids is 1. The molecule has 0 saturated carbocycles. The zero-order chi connectivity index (χ0) is 14.0. The third-order valence-corrected chi connectivity index (χ3v) is 5.27. The van der Waals surface area contributed by atoms with E-state index in [1.54, 1.807) is 23.9 Å². The fourth-order valence-corrected chi connectivity index (χ4v) is 4.28. The number of aliphatic carboxylic acids is 1. The third-order valence-electron chi connectivity index (χ3n) is 2.65. The maximum atomic E-state index is 11.7. The Labute approximate surface area is 120 Å². The van der Waals surface area contributed by atoms with E-state index in [0.717, 1.165) is 16.2 Å². The molecule has 0 aliphatic carbocycles. The normalized spacial score (nSPS) is 18.9. The number of hydrogen-bond donors (Lipinski definition) is 2. The second kappa shape index (κ2) is 5.70. The second-order valence-corrected chi connectivity index (χ2v) is 7.47. The highest BCUT2D eigenvalue weighted by molar-refractivity contribution is 7.99. The quantitative estimate of drug-likeness (QED) is 0.884. The minimum absolute atomic E-state index is 0.417. The molecule has 1 aromatic rings. The lowest BCUT2D eigenvalue weighted by molar-refractivity contribution is -0.134. The summed E-state index contributed by atoms with van der Waals surface area (Å²) >= 11 is 7.55. The minimum Gasteiger partial charge on any atom is -0.480 e. The van der Waals surface area contributed by atoms with Crippen LogP contribution in [-0.4, -0.2) is 31.0 Å². The van der Waals surface area contributed by atoms with Crippen LogP contribution >= 0.6 is 23.4 Å². The highest BCUT2D eigenvalue weighted by Gasteiger charge is 2.26. The number of benzene rings is 1. The molecule has 0 saturated heterocycles. The largest absolute Gasteiger partial charge is 0.480 e. The molecular weight excluding hydrogens is 310 g/mol. The van der Waals surface area contributed by atoms with Crippen molar-refractivity contribution < 1.29 is 18.3 Å². The fourth-order valence-electron chi connectivity index (χ4n) is 1.91. The zero-order valence-electron chi connectivity index (χ0n) is 9.80. The van der Waals surface area contributed by atoms with E-state index in [9.17, 15) is 13.2 Å². The highest BCUT2D eigenvalue weighted by atomic mass is 35.5. The van der Waals surface area contributed by atoms with Crippen molar-refractivity contribution in [3.63, 3.8) is 0 Å². The molecule has 104 valence electrons. The first-order valence-electron chi connectivity index (χ1n) is 5.51. The third kappa shape index (κ3) is 3.85. The first-order valence-corrected chi connectivity index (χ1v) is 8.53. The lowest BCUT2D eigenvalue weighted by Crippen LogP contribution is -2.34. The highest BCUT2D eigenvalue weighted by Crippen LogP contribution is 2.37. The van der Waals surface area contributed by atoms with Crippen molar-refractivity contribution in [1.29, 1.82) is 0 Å². The number of sulfonamides is 1. The van der Waals surface area contributed by atoms with E-state index in [1.807, 2.05) is 6.07 Å². The monoisotopic (exact) mass is 321 g/mol. The topological polar surface area (TPSA) is 83.5 Å². The van der Waals surface area contributed by atoms with Crippen LogP contribution in [0.1, 0.15) is 18.0 Å². The van der Waals surface area contributed by atoms with Crippen LogP contribution in [-0.2, 0) is 14.8 Å². The first-order chi connectivity index (χ1) is 8.87. The summed E-state index contributed by atoms with van der Waals surface area (Å²) in [6.07, 6.45) is 0.608. The number of halogens is 1. The van der Waals surface area contributed by atoms with Crippen LogP contribution in [0.5, 0.6) is 0 Å². The number of fused-ring (bicyclic) bond motifs is 1. The van der Waals surface area contributed by atoms with Gasteiger partial charge in [0, 0.05) is 16.0 Å². The van der Waals surface area contributed by atoms with E-state index in [4.69, 9.17) is 16.7 Å². The van der Waals surface area contributed by atoms with Crippen molar-refractivity contribution in [2.75, 3.05) is 11.5 Å². The van der Waals surface area contributed by atoms with Crippen molar-refractivity contribution in [2.24, 2.45) is 0 Å². The van der Waals surface area contributed by atoms with E-state index in [0.29, 0.717) is 11.4 Å². The van der Waals surface area contributed by atoms with Gasteiger partial charge in [-0.2, -0.15) is 0 Å². The van der Waals surface area contributed by atoms with Crippen LogP contribution in [0.25, 0.3) is 0 Å². The van der Waals surface area contributed by atoms with Crippen molar-refractivity contribution in [3.8, 4) is 0 Å². The molecule has 1 atom stereocenters. The molecule has 1 unspecified atom stereocenters. The number of carbonyl (C=O) groups is 1. The molecule has 8 heteroatoms. The first kappa shape index (κ1) is 14.6. The van der Waals surface area contributed by atoms with Gasteiger partial charge in [0.05, 0.1) is 0 Å². The van der Waals surface area contributed by atoms with Gasteiger partial charge in [-0.15, -0.1) is 11.8 Å². The Morgan fingerprint density at radius 1 is 1.53 bits per heavy atom. The molecule has 1 aromatic carbocycles. The Morgan fingerprint density at radius 3 is 2.95 bits per heavy atom. The van der Waals surface area contributed by atoms with Crippen LogP contribution in [0.15, 0.2) is 23.1 Å². The number of rotatable bonds is 4. The Balaban J connectivity index is 2.24. The van der Waals surface area contributed by atoms with Gasteiger partial charge < -0.3 is 5.11 Å². The van der Waals surface area contributed by atoms with Crippen LogP contribution < -0.4 is 4.72 Å². The maximum Gasteiger partial charge on any atom is 0.320 e. The van der Waals surface area contributed by atoms with Gasteiger partial charge in [-0.05, 0) is 35.9 Å². The minimum atomic E-state index is -3.84. The molecule has 2 rings (SSSR count). The van der Waals surface area contributed by atoms with Crippen molar-refractivity contribution >= 4 is 39.4 Å². The summed E-state index contributed by atoms with van der Waals surface area (Å²) in [6, 6.07) is 4.90. The Morgan fingerprint density at radius 2 is 2.26 bits per heavy atom. The van der Waals surface area contributed by atoms with E-state index >= 15 is 0 Å². The maximum absolute atomic E-state index is 11.7. The number of nitrogens with one attached hydrogen (secondary N) is 1.